The fourth-order valence-electron chi connectivity index (χ4n) is 0.897. The van der Waals surface area contributed by atoms with Crippen LogP contribution in [-0.2, 0) is 10.1 Å². The van der Waals surface area contributed by atoms with E-state index in [4.69, 9.17) is 9.79 Å². The Morgan fingerprint density at radius 3 is 2.08 bits per heavy atom. The van der Waals surface area contributed by atoms with E-state index < -0.39 is 7.15 Å². The van der Waals surface area contributed by atoms with E-state index in [0.717, 1.165) is 25.4 Å². The van der Waals surface area contributed by atoms with E-state index in [2.05, 4.69) is 18.7 Å². The van der Waals surface area contributed by atoms with Gasteiger partial charge in [-0.3, -0.25) is 0 Å². The summed E-state index contributed by atoms with van der Waals surface area (Å²) in [4.78, 5) is 20.2. The molecule has 0 aromatic rings. The first-order valence-electron chi connectivity index (χ1n) is 4.21. The molecule has 0 bridgehead atoms. The average molecular weight is 213 g/mol. The van der Waals surface area contributed by atoms with Crippen molar-refractivity contribution in [3.63, 3.8) is 0 Å². The third-order valence-electron chi connectivity index (χ3n) is 1.92. The maximum Gasteiger partial charge on any atom is 0.130 e. The highest BCUT2D eigenvalue weighted by Crippen LogP contribution is 2.14. The second-order valence-corrected chi connectivity index (χ2v) is 8.08. The van der Waals surface area contributed by atoms with Gasteiger partial charge in [-0.2, -0.15) is 0 Å². The normalized spacial score (nSPS) is 14.2. The first kappa shape index (κ1) is 12.7. The molecular weight excluding hydrogens is 193 g/mol. The van der Waals surface area contributed by atoms with Crippen molar-refractivity contribution in [1.82, 2.24) is 4.90 Å². The molecule has 0 spiro atoms. The molecule has 3 nitrogen and oxygen atoms in total. The Morgan fingerprint density at radius 2 is 1.75 bits per heavy atom. The molecule has 0 saturated carbocycles. The van der Waals surface area contributed by atoms with E-state index in [0.29, 0.717) is 0 Å². The van der Waals surface area contributed by atoms with Crippen LogP contribution in [-0.4, -0.2) is 46.3 Å². The molecule has 0 aliphatic carbocycles. The third-order valence-corrected chi connectivity index (χ3v) is 5.82. The Hall–Kier alpha value is 0.660. The summed E-state index contributed by atoms with van der Waals surface area (Å²) in [6, 6.07) is 0. The molecule has 0 aromatic heterocycles. The van der Waals surface area contributed by atoms with Crippen molar-refractivity contribution >= 4 is 17.2 Å². The zero-order valence-corrected chi connectivity index (χ0v) is 9.89. The van der Waals surface area contributed by atoms with Crippen molar-refractivity contribution in [3.8, 4) is 0 Å². The van der Waals surface area contributed by atoms with Crippen LogP contribution in [0.15, 0.2) is 0 Å². The Balaban J connectivity index is 3.74. The molecule has 0 aliphatic rings. The minimum atomic E-state index is -2.02. The summed E-state index contributed by atoms with van der Waals surface area (Å²) in [7, 11) is -2.20. The van der Waals surface area contributed by atoms with Crippen molar-refractivity contribution in [2.24, 2.45) is 0 Å². The summed E-state index contributed by atoms with van der Waals surface area (Å²) >= 11 is 0. The van der Waals surface area contributed by atoms with Crippen LogP contribution in [0, 0.1) is 0 Å². The smallest absolute Gasteiger partial charge is 0.130 e. The van der Waals surface area contributed by atoms with Crippen LogP contribution in [0.5, 0.6) is 0 Å². The van der Waals surface area contributed by atoms with E-state index in [-0.39, 0.29) is 10.1 Å². The zero-order chi connectivity index (χ0) is 9.56. The Kier molecular flexibility index (Phi) is 7.49. The summed E-state index contributed by atoms with van der Waals surface area (Å²) in [5.41, 5.74) is 0. The van der Waals surface area contributed by atoms with Crippen LogP contribution >= 0.6 is 7.15 Å². The van der Waals surface area contributed by atoms with Gasteiger partial charge in [-0.1, -0.05) is 13.8 Å². The Labute approximate surface area is 77.9 Å². The molecule has 76 valence electrons. The first-order chi connectivity index (χ1) is 5.61. The van der Waals surface area contributed by atoms with Gasteiger partial charge >= 0.3 is 0 Å². The SMILES string of the molecule is CCN(CC)CCS(C)=[PH](O)O. The summed E-state index contributed by atoms with van der Waals surface area (Å²) in [5, 5.41) is 0. The highest BCUT2D eigenvalue weighted by molar-refractivity contribution is 8.22. The molecule has 12 heavy (non-hydrogen) atoms. The lowest BCUT2D eigenvalue weighted by Gasteiger charge is -2.18. The lowest BCUT2D eigenvalue weighted by atomic mass is 10.5. The minimum Gasteiger partial charge on any atom is -0.351 e. The Bertz CT molecular complexity index is 155. The summed E-state index contributed by atoms with van der Waals surface area (Å²) in [6.45, 7) is 7.34. The fraction of sp³-hybridized carbons (Fsp3) is 1.00. The quantitative estimate of drug-likeness (QED) is 0.654. The number of hydrogen-bond acceptors (Lipinski definition) is 1. The van der Waals surface area contributed by atoms with Crippen molar-refractivity contribution in [2.45, 2.75) is 13.8 Å². The lowest BCUT2D eigenvalue weighted by molar-refractivity contribution is 0.323. The highest BCUT2D eigenvalue weighted by Gasteiger charge is 1.99. The minimum absolute atomic E-state index is 0.174. The van der Waals surface area contributed by atoms with Crippen molar-refractivity contribution in [1.29, 1.82) is 0 Å². The van der Waals surface area contributed by atoms with Gasteiger partial charge in [-0.25, -0.2) is 0 Å². The number of hydrogen-bond donors (Lipinski definition) is 2. The largest absolute Gasteiger partial charge is 0.351 e. The Morgan fingerprint density at radius 1 is 1.25 bits per heavy atom. The van der Waals surface area contributed by atoms with Gasteiger partial charge in [0.1, 0.15) is 7.15 Å². The van der Waals surface area contributed by atoms with E-state index in [1.807, 2.05) is 6.26 Å². The standard InChI is InChI=1S/C7H20NO2PS/c1-4-8(5-2)6-7-12(3)11(9)10/h9-11H,4-7H2,1-3H3. The summed E-state index contributed by atoms with van der Waals surface area (Å²) in [5.74, 6) is 0.920. The van der Waals surface area contributed by atoms with E-state index in [1.54, 1.807) is 0 Å². The third kappa shape index (κ3) is 5.33. The van der Waals surface area contributed by atoms with Gasteiger partial charge < -0.3 is 14.7 Å². The molecule has 0 rings (SSSR count). The highest BCUT2D eigenvalue weighted by atomic mass is 32.5. The predicted molar refractivity (Wildman–Crippen MR) is 58.7 cm³/mol. The van der Waals surface area contributed by atoms with Crippen molar-refractivity contribution in [2.75, 3.05) is 31.6 Å². The van der Waals surface area contributed by atoms with E-state index in [1.165, 1.54) is 0 Å². The molecule has 1 unspecified atom stereocenters. The fourth-order valence-corrected chi connectivity index (χ4v) is 2.43. The van der Waals surface area contributed by atoms with Crippen LogP contribution in [0.2, 0.25) is 0 Å². The molecule has 0 amide bonds. The maximum absolute atomic E-state index is 8.93. The molecule has 0 aliphatic heterocycles. The summed E-state index contributed by atoms with van der Waals surface area (Å²) in [6.07, 6.45) is 1.93. The zero-order valence-electron chi connectivity index (χ0n) is 8.08. The van der Waals surface area contributed by atoms with Gasteiger partial charge in [0, 0.05) is 12.3 Å². The molecule has 0 heterocycles. The van der Waals surface area contributed by atoms with Crippen molar-refractivity contribution in [3.05, 3.63) is 0 Å². The average Bonchev–Trinajstić information content (AvgIpc) is 2.05. The first-order valence-corrected chi connectivity index (χ1v) is 8.13. The van der Waals surface area contributed by atoms with Crippen LogP contribution in [0.25, 0.3) is 0 Å². The molecule has 5 heteroatoms. The molecule has 0 radical (unpaired) electrons. The van der Waals surface area contributed by atoms with E-state index >= 15 is 0 Å². The van der Waals surface area contributed by atoms with Gasteiger partial charge in [0.15, 0.2) is 0 Å². The van der Waals surface area contributed by atoms with Crippen LogP contribution in [0.3, 0.4) is 0 Å². The van der Waals surface area contributed by atoms with Gasteiger partial charge in [0.05, 0.1) is 0 Å². The maximum atomic E-state index is 8.93. The second kappa shape index (κ2) is 7.10. The molecule has 1 atom stereocenters. The number of nitrogens with zero attached hydrogens (tertiary/aromatic N) is 1. The van der Waals surface area contributed by atoms with Crippen molar-refractivity contribution < 1.29 is 9.79 Å². The monoisotopic (exact) mass is 213 g/mol. The molecule has 0 saturated heterocycles. The lowest BCUT2D eigenvalue weighted by Crippen LogP contribution is -2.27. The number of rotatable bonds is 5. The molecule has 0 aromatic carbocycles. The van der Waals surface area contributed by atoms with Crippen LogP contribution < -0.4 is 0 Å². The topological polar surface area (TPSA) is 43.7 Å². The van der Waals surface area contributed by atoms with E-state index in [9.17, 15) is 0 Å². The molecule has 2 N–H and O–H groups in total. The van der Waals surface area contributed by atoms with Gasteiger partial charge in [0.25, 0.3) is 0 Å². The van der Waals surface area contributed by atoms with Gasteiger partial charge in [-0.05, 0) is 19.3 Å². The van der Waals surface area contributed by atoms with Crippen LogP contribution in [0.1, 0.15) is 13.8 Å². The van der Waals surface area contributed by atoms with Gasteiger partial charge in [-0.15, -0.1) is 10.1 Å². The predicted octanol–water partition coefficient (Wildman–Crippen LogP) is 0.520. The molecular formula is C7H20NO2PS. The second-order valence-electron chi connectivity index (χ2n) is 2.65. The van der Waals surface area contributed by atoms with Gasteiger partial charge in [0.2, 0.25) is 0 Å². The van der Waals surface area contributed by atoms with Crippen LogP contribution in [0.4, 0.5) is 0 Å². The summed E-state index contributed by atoms with van der Waals surface area (Å²) < 4.78 is 0. The molecule has 0 fully saturated rings.